The summed E-state index contributed by atoms with van der Waals surface area (Å²) in [5.41, 5.74) is 1.35. The van der Waals surface area contributed by atoms with E-state index in [4.69, 9.17) is 9.47 Å². The van der Waals surface area contributed by atoms with Gasteiger partial charge in [0.15, 0.2) is 5.78 Å². The summed E-state index contributed by atoms with van der Waals surface area (Å²) in [5, 5.41) is 5.44. The first-order valence-electron chi connectivity index (χ1n) is 11.7. The lowest BCUT2D eigenvalue weighted by atomic mass is 9.99. The second-order valence-corrected chi connectivity index (χ2v) is 9.14. The first-order valence-corrected chi connectivity index (χ1v) is 11.7. The molecule has 0 fully saturated rings. The summed E-state index contributed by atoms with van der Waals surface area (Å²) in [5.74, 6) is -0.0371. The Bertz CT molecular complexity index is 894. The molecule has 7 nitrogen and oxygen atoms in total. The lowest BCUT2D eigenvalue weighted by Crippen LogP contribution is -2.43. The highest BCUT2D eigenvalue weighted by atomic mass is 16.6. The van der Waals surface area contributed by atoms with Crippen molar-refractivity contribution in [3.8, 4) is 0 Å². The Morgan fingerprint density at radius 1 is 0.853 bits per heavy atom. The number of benzene rings is 2. The second kappa shape index (κ2) is 14.0. The highest BCUT2D eigenvalue weighted by molar-refractivity contribution is 5.87. The van der Waals surface area contributed by atoms with Crippen molar-refractivity contribution in [3.05, 3.63) is 71.8 Å². The van der Waals surface area contributed by atoms with Crippen LogP contribution in [0.3, 0.4) is 0 Å². The third kappa shape index (κ3) is 11.5. The van der Waals surface area contributed by atoms with Crippen LogP contribution in [0, 0.1) is 0 Å². The van der Waals surface area contributed by atoms with E-state index in [1.165, 1.54) is 0 Å². The monoisotopic (exact) mass is 468 g/mol. The maximum atomic E-state index is 12.8. The van der Waals surface area contributed by atoms with Crippen LogP contribution in [0.25, 0.3) is 0 Å². The van der Waals surface area contributed by atoms with Gasteiger partial charge in [-0.15, -0.1) is 0 Å². The number of amides is 2. The van der Waals surface area contributed by atoms with Crippen LogP contribution in [0.15, 0.2) is 60.7 Å². The van der Waals surface area contributed by atoms with Gasteiger partial charge < -0.3 is 20.1 Å². The van der Waals surface area contributed by atoms with Gasteiger partial charge in [0.25, 0.3) is 0 Å². The molecule has 2 amide bonds. The lowest BCUT2D eigenvalue weighted by Gasteiger charge is -2.23. The van der Waals surface area contributed by atoms with Crippen LogP contribution in [0.5, 0.6) is 0 Å². The first kappa shape index (κ1) is 26.9. The number of ether oxygens (including phenoxy) is 2. The minimum absolute atomic E-state index is 0.0371. The van der Waals surface area contributed by atoms with Gasteiger partial charge in [-0.3, -0.25) is 4.79 Å². The molecule has 7 heteroatoms. The SMILES string of the molecule is CC(C)(C)OC(=O)N[C@@H](CCCCNC(=O)OCc1ccccc1)C(=O)CCc1ccccc1. The molecular weight excluding hydrogens is 432 g/mol. The number of aryl methyl sites for hydroxylation is 1. The molecule has 0 radical (unpaired) electrons. The molecule has 0 aliphatic rings. The molecule has 0 aliphatic heterocycles. The van der Waals surface area contributed by atoms with Gasteiger partial charge in [0.1, 0.15) is 12.2 Å². The van der Waals surface area contributed by atoms with Crippen LogP contribution in [-0.2, 0) is 27.3 Å². The number of rotatable bonds is 12. The summed E-state index contributed by atoms with van der Waals surface area (Å²) in [7, 11) is 0. The standard InChI is InChI=1S/C27H36N2O5/c1-27(2,3)34-26(32)29-23(24(30)18-17-21-12-6-4-7-13-21)16-10-11-19-28-25(31)33-20-22-14-8-5-9-15-22/h4-9,12-15,23H,10-11,16-20H2,1-3H3,(H,28,31)(H,29,32)/t23-/m0/s1. The van der Waals surface area contributed by atoms with E-state index in [9.17, 15) is 14.4 Å². The number of Topliss-reactive ketones (excluding diaryl/α,β-unsaturated/α-hetero) is 1. The Kier molecular flexibility index (Phi) is 11.1. The molecule has 0 heterocycles. The van der Waals surface area contributed by atoms with Crippen molar-refractivity contribution in [1.82, 2.24) is 10.6 Å². The molecule has 1 atom stereocenters. The van der Waals surface area contributed by atoms with Crippen LogP contribution < -0.4 is 10.6 Å². The Hall–Kier alpha value is -3.35. The molecule has 2 N–H and O–H groups in total. The zero-order chi connectivity index (χ0) is 24.8. The van der Waals surface area contributed by atoms with Crippen molar-refractivity contribution in [2.75, 3.05) is 6.54 Å². The predicted molar refractivity (Wildman–Crippen MR) is 131 cm³/mol. The fourth-order valence-electron chi connectivity index (χ4n) is 3.29. The highest BCUT2D eigenvalue weighted by Gasteiger charge is 2.23. The molecule has 0 aliphatic carbocycles. The van der Waals surface area contributed by atoms with Crippen LogP contribution in [0.2, 0.25) is 0 Å². The summed E-state index contributed by atoms with van der Waals surface area (Å²) in [6, 6.07) is 18.6. The Morgan fingerprint density at radius 3 is 2.09 bits per heavy atom. The molecule has 0 unspecified atom stereocenters. The molecule has 2 aromatic carbocycles. The third-order valence-electron chi connectivity index (χ3n) is 4.98. The number of carbonyl (C=O) groups excluding carboxylic acids is 3. The van der Waals surface area contributed by atoms with E-state index >= 15 is 0 Å². The summed E-state index contributed by atoms with van der Waals surface area (Å²) in [6.07, 6.45) is 1.62. The van der Waals surface area contributed by atoms with Crippen molar-refractivity contribution >= 4 is 18.0 Å². The van der Waals surface area contributed by atoms with Gasteiger partial charge in [0, 0.05) is 13.0 Å². The topological polar surface area (TPSA) is 93.7 Å². The molecule has 0 saturated heterocycles. The molecule has 2 aromatic rings. The second-order valence-electron chi connectivity index (χ2n) is 9.14. The van der Waals surface area contributed by atoms with E-state index in [2.05, 4.69) is 10.6 Å². The maximum Gasteiger partial charge on any atom is 0.408 e. The number of alkyl carbamates (subject to hydrolysis) is 2. The van der Waals surface area contributed by atoms with Crippen LogP contribution >= 0.6 is 0 Å². The number of hydrogen-bond acceptors (Lipinski definition) is 5. The smallest absolute Gasteiger partial charge is 0.408 e. The van der Waals surface area contributed by atoms with Gasteiger partial charge in [-0.1, -0.05) is 60.7 Å². The largest absolute Gasteiger partial charge is 0.445 e. The van der Waals surface area contributed by atoms with E-state index in [-0.39, 0.29) is 12.4 Å². The molecule has 0 spiro atoms. The molecule has 2 rings (SSSR count). The number of unbranched alkanes of at least 4 members (excludes halogenated alkanes) is 1. The normalized spacial score (nSPS) is 11.9. The number of ketones is 1. The van der Waals surface area contributed by atoms with Gasteiger partial charge in [-0.05, 0) is 57.6 Å². The quantitative estimate of drug-likeness (QED) is 0.419. The molecule has 0 bridgehead atoms. The molecule has 184 valence electrons. The van der Waals surface area contributed by atoms with Crippen molar-refractivity contribution < 1.29 is 23.9 Å². The minimum atomic E-state index is -0.647. The van der Waals surface area contributed by atoms with Crippen molar-refractivity contribution in [2.45, 2.75) is 71.1 Å². The highest BCUT2D eigenvalue weighted by Crippen LogP contribution is 2.11. The van der Waals surface area contributed by atoms with E-state index in [0.29, 0.717) is 38.6 Å². The number of nitrogens with one attached hydrogen (secondary N) is 2. The van der Waals surface area contributed by atoms with E-state index < -0.39 is 23.8 Å². The van der Waals surface area contributed by atoms with Gasteiger partial charge in [0.05, 0.1) is 6.04 Å². The third-order valence-corrected chi connectivity index (χ3v) is 4.98. The Balaban J connectivity index is 1.76. The van der Waals surface area contributed by atoms with Crippen LogP contribution in [0.1, 0.15) is 57.6 Å². The van der Waals surface area contributed by atoms with E-state index in [1.54, 1.807) is 20.8 Å². The maximum absolute atomic E-state index is 12.8. The lowest BCUT2D eigenvalue weighted by molar-refractivity contribution is -0.121. The Labute approximate surface area is 202 Å². The molecule has 34 heavy (non-hydrogen) atoms. The van der Waals surface area contributed by atoms with Crippen molar-refractivity contribution in [3.63, 3.8) is 0 Å². The average Bonchev–Trinajstić information content (AvgIpc) is 2.80. The zero-order valence-electron chi connectivity index (χ0n) is 20.3. The summed E-state index contributed by atoms with van der Waals surface area (Å²) >= 11 is 0. The van der Waals surface area contributed by atoms with Crippen molar-refractivity contribution in [1.29, 1.82) is 0 Å². The minimum Gasteiger partial charge on any atom is -0.445 e. The number of hydrogen-bond donors (Lipinski definition) is 2. The van der Waals surface area contributed by atoms with Crippen LogP contribution in [-0.4, -0.2) is 36.2 Å². The molecule has 0 aromatic heterocycles. The van der Waals surface area contributed by atoms with Crippen LogP contribution in [0.4, 0.5) is 9.59 Å². The summed E-state index contributed by atoms with van der Waals surface area (Å²) in [6.45, 7) is 5.97. The average molecular weight is 469 g/mol. The van der Waals surface area contributed by atoms with E-state index in [0.717, 1.165) is 11.1 Å². The van der Waals surface area contributed by atoms with Gasteiger partial charge in [0.2, 0.25) is 0 Å². The molecular formula is C27H36N2O5. The van der Waals surface area contributed by atoms with Crippen molar-refractivity contribution in [2.24, 2.45) is 0 Å². The summed E-state index contributed by atoms with van der Waals surface area (Å²) < 4.78 is 10.5. The van der Waals surface area contributed by atoms with E-state index in [1.807, 2.05) is 60.7 Å². The summed E-state index contributed by atoms with van der Waals surface area (Å²) in [4.78, 5) is 37.0. The predicted octanol–water partition coefficient (Wildman–Crippen LogP) is 5.18. The zero-order valence-corrected chi connectivity index (χ0v) is 20.3. The fraction of sp³-hybridized carbons (Fsp3) is 0.444. The van der Waals surface area contributed by atoms with Gasteiger partial charge >= 0.3 is 12.2 Å². The van der Waals surface area contributed by atoms with Gasteiger partial charge in [-0.2, -0.15) is 0 Å². The Morgan fingerprint density at radius 2 is 1.47 bits per heavy atom. The van der Waals surface area contributed by atoms with Gasteiger partial charge in [-0.25, -0.2) is 9.59 Å². The molecule has 0 saturated carbocycles. The first-order chi connectivity index (χ1) is 16.2. The number of carbonyl (C=O) groups is 3. The fourth-order valence-corrected chi connectivity index (χ4v) is 3.29.